The maximum atomic E-state index is 11.5. The molecule has 130 valence electrons. The molecule has 0 unspecified atom stereocenters. The minimum Gasteiger partial charge on any atom is -0.466 e. The van der Waals surface area contributed by atoms with Gasteiger partial charge in [0.15, 0.2) is 0 Å². The van der Waals surface area contributed by atoms with Gasteiger partial charge in [-0.15, -0.1) is 11.8 Å². The molecule has 0 bridgehead atoms. The molecular weight excluding hydrogens is 308 g/mol. The zero-order valence-corrected chi connectivity index (χ0v) is 14.7. The van der Waals surface area contributed by atoms with E-state index in [1.54, 1.807) is 0 Å². The quantitative estimate of drug-likeness (QED) is 0.428. The first-order valence-electron chi connectivity index (χ1n) is 10.7. The smallest absolute Gasteiger partial charge is 0.305 e. The van der Waals surface area contributed by atoms with Crippen molar-refractivity contribution in [3.05, 3.63) is 0 Å². The number of carbonyl (C=O) groups excluding carboxylic acids is 1. The van der Waals surface area contributed by atoms with Crippen LogP contribution in [0.1, 0.15) is 78.4 Å². The van der Waals surface area contributed by atoms with Gasteiger partial charge in [-0.25, -0.2) is 0 Å². The van der Waals surface area contributed by atoms with Crippen molar-refractivity contribution in [2.45, 2.75) is 71.6 Å². The maximum absolute atomic E-state index is 11.5. The molecule has 0 aromatic heterocycles. The Morgan fingerprint density at radius 3 is 1.88 bits per heavy atom. The molecule has 0 aliphatic rings. The van der Waals surface area contributed by atoms with Gasteiger partial charge in [-0.1, -0.05) is 54.3 Å². The van der Waals surface area contributed by atoms with E-state index in [4.69, 9.17) is 6.85 Å². The van der Waals surface area contributed by atoms with Crippen LogP contribution >= 0.6 is 0 Å². The van der Waals surface area contributed by atoms with Gasteiger partial charge >= 0.3 is 5.97 Å². The SMILES string of the molecule is [2H]C([2H])([2H])C([2H])([2H])OC(=O)CCCCC#CCC#CCC#CCC#CCC#CCC. The highest BCUT2D eigenvalue weighted by Crippen LogP contribution is 2.00. The van der Waals surface area contributed by atoms with Crippen molar-refractivity contribution in [2.75, 3.05) is 6.56 Å². The lowest BCUT2D eigenvalue weighted by molar-refractivity contribution is -0.143. The van der Waals surface area contributed by atoms with Crippen molar-refractivity contribution in [1.29, 1.82) is 0 Å². The molecule has 0 saturated carbocycles. The Morgan fingerprint density at radius 2 is 1.36 bits per heavy atom. The van der Waals surface area contributed by atoms with E-state index in [2.05, 4.69) is 63.9 Å². The first-order chi connectivity index (χ1) is 14.2. The van der Waals surface area contributed by atoms with E-state index in [0.29, 0.717) is 44.9 Å². The fourth-order valence-corrected chi connectivity index (χ4v) is 1.48. The molecule has 0 fully saturated rings. The average Bonchev–Trinajstić information content (AvgIpc) is 2.65. The van der Waals surface area contributed by atoms with Crippen molar-refractivity contribution in [1.82, 2.24) is 0 Å². The van der Waals surface area contributed by atoms with Crippen molar-refractivity contribution >= 4 is 5.97 Å². The van der Waals surface area contributed by atoms with Crippen molar-refractivity contribution in [2.24, 2.45) is 0 Å². The van der Waals surface area contributed by atoms with E-state index in [1.807, 2.05) is 6.92 Å². The van der Waals surface area contributed by atoms with Gasteiger partial charge in [0.2, 0.25) is 0 Å². The Kier molecular flexibility index (Phi) is 11.3. The van der Waals surface area contributed by atoms with Crippen LogP contribution in [0, 0.1) is 59.2 Å². The number of hydrogen-bond acceptors (Lipinski definition) is 2. The van der Waals surface area contributed by atoms with Gasteiger partial charge in [0.1, 0.15) is 0 Å². The van der Waals surface area contributed by atoms with Gasteiger partial charge in [-0.2, -0.15) is 0 Å². The lowest BCUT2D eigenvalue weighted by Crippen LogP contribution is -2.02. The Balaban J connectivity index is 3.86. The molecule has 0 atom stereocenters. The summed E-state index contributed by atoms with van der Waals surface area (Å²) in [5.41, 5.74) is 0. The summed E-state index contributed by atoms with van der Waals surface area (Å²) >= 11 is 0. The van der Waals surface area contributed by atoms with E-state index < -0.39 is 19.4 Å². The summed E-state index contributed by atoms with van der Waals surface area (Å²) in [7, 11) is 0. The molecule has 0 rings (SSSR count). The predicted octanol–water partition coefficient (Wildman–Crippen LogP) is 4.10. The third kappa shape index (κ3) is 19.2. The highest BCUT2D eigenvalue weighted by atomic mass is 16.5. The molecule has 0 radical (unpaired) electrons. The molecule has 2 heteroatoms. The Morgan fingerprint density at radius 1 is 0.840 bits per heavy atom. The number of unbranched alkanes of at least 4 members (excludes halogenated alkanes) is 2. The summed E-state index contributed by atoms with van der Waals surface area (Å²) in [6.45, 7) is -3.97. The third-order valence-corrected chi connectivity index (χ3v) is 2.61. The van der Waals surface area contributed by atoms with Crippen LogP contribution in [0.4, 0.5) is 0 Å². The van der Waals surface area contributed by atoms with Crippen LogP contribution in [0.25, 0.3) is 0 Å². The normalized spacial score (nSPS) is 11.8. The lowest BCUT2D eigenvalue weighted by atomic mass is 10.2. The van der Waals surface area contributed by atoms with Crippen LogP contribution in [0.15, 0.2) is 0 Å². The van der Waals surface area contributed by atoms with Crippen LogP contribution in [0.3, 0.4) is 0 Å². The van der Waals surface area contributed by atoms with Gasteiger partial charge in [0.05, 0.1) is 35.0 Å². The largest absolute Gasteiger partial charge is 0.466 e. The highest BCUT2D eigenvalue weighted by Gasteiger charge is 1.99. The first-order valence-corrected chi connectivity index (χ1v) is 8.21. The first kappa shape index (κ1) is 14.6. The second-order valence-corrected chi connectivity index (χ2v) is 4.61. The van der Waals surface area contributed by atoms with Crippen LogP contribution in [-0.4, -0.2) is 12.5 Å². The molecule has 25 heavy (non-hydrogen) atoms. The summed E-state index contributed by atoms with van der Waals surface area (Å²) in [5, 5.41) is 0. The highest BCUT2D eigenvalue weighted by molar-refractivity contribution is 5.69. The fraction of sp³-hybridized carbons (Fsp3) is 0.522. The second kappa shape index (κ2) is 19.3. The molecule has 0 aliphatic heterocycles. The van der Waals surface area contributed by atoms with Crippen LogP contribution < -0.4 is 0 Å². The van der Waals surface area contributed by atoms with Gasteiger partial charge < -0.3 is 4.74 Å². The third-order valence-electron chi connectivity index (χ3n) is 2.61. The molecule has 0 saturated heterocycles. The molecule has 0 spiro atoms. The molecule has 0 aromatic rings. The molecule has 0 amide bonds. The number of esters is 1. The molecule has 2 nitrogen and oxygen atoms in total. The zero-order valence-electron chi connectivity index (χ0n) is 19.7. The Bertz CT molecular complexity index is 844. The van der Waals surface area contributed by atoms with Gasteiger partial charge in [0, 0.05) is 23.4 Å². The summed E-state index contributed by atoms with van der Waals surface area (Å²) in [4.78, 5) is 11.5. The predicted molar refractivity (Wildman–Crippen MR) is 103 cm³/mol. The Hall–Kier alpha value is -2.73. The van der Waals surface area contributed by atoms with Crippen LogP contribution in [0.5, 0.6) is 0 Å². The monoisotopic (exact) mass is 339 g/mol. The minimum absolute atomic E-state index is 0.0493. The molecule has 0 N–H and O–H groups in total. The molecular formula is C23H26O2. The number of carbonyl (C=O) groups is 1. The Labute approximate surface area is 160 Å². The molecule has 0 aliphatic carbocycles. The number of rotatable bonds is 5. The summed E-state index contributed by atoms with van der Waals surface area (Å²) in [5.74, 6) is 28.4. The van der Waals surface area contributed by atoms with Crippen molar-refractivity contribution < 1.29 is 16.4 Å². The average molecular weight is 339 g/mol. The lowest BCUT2D eigenvalue weighted by Gasteiger charge is -1.99. The summed E-state index contributed by atoms with van der Waals surface area (Å²) in [6, 6.07) is 0. The van der Waals surface area contributed by atoms with Gasteiger partial charge in [-0.3, -0.25) is 4.79 Å². The number of ether oxygens (including phenoxy) is 1. The number of hydrogen-bond donors (Lipinski definition) is 0. The van der Waals surface area contributed by atoms with Crippen molar-refractivity contribution in [3.63, 3.8) is 0 Å². The van der Waals surface area contributed by atoms with E-state index in [1.165, 1.54) is 0 Å². The van der Waals surface area contributed by atoms with E-state index >= 15 is 0 Å². The fourth-order valence-electron chi connectivity index (χ4n) is 1.48. The van der Waals surface area contributed by atoms with Gasteiger partial charge in [-0.05, 0) is 19.7 Å². The minimum atomic E-state index is -3.00. The van der Waals surface area contributed by atoms with E-state index in [-0.39, 0.29) is 6.42 Å². The van der Waals surface area contributed by atoms with Crippen LogP contribution in [0.2, 0.25) is 0 Å². The summed E-state index contributed by atoms with van der Waals surface area (Å²) < 4.78 is 39.8. The second-order valence-electron chi connectivity index (χ2n) is 4.61. The van der Waals surface area contributed by atoms with E-state index in [9.17, 15) is 4.79 Å². The standard InChI is InChI=1S/C23H26O2/c1-3-5-6-7-8-9-10-11-12-13-14-15-16-17-18-19-20-21-22-23(24)25-4-2/h3-4,7,10,13,16,19-22H2,1-2H3/i2D3,4D2. The topological polar surface area (TPSA) is 26.3 Å². The molecule has 0 heterocycles. The van der Waals surface area contributed by atoms with Crippen molar-refractivity contribution in [3.8, 4) is 59.2 Å². The van der Waals surface area contributed by atoms with E-state index in [0.717, 1.165) is 6.42 Å². The maximum Gasteiger partial charge on any atom is 0.305 e. The molecule has 0 aromatic carbocycles. The van der Waals surface area contributed by atoms with Gasteiger partial charge in [0.25, 0.3) is 0 Å². The zero-order chi connectivity index (χ0) is 22.7. The summed E-state index contributed by atoms with van der Waals surface area (Å²) in [6.07, 6.45) is 4.46. The van der Waals surface area contributed by atoms with Crippen LogP contribution in [-0.2, 0) is 9.53 Å².